The monoisotopic (exact) mass is 251 g/mol. The maximum Gasteiger partial charge on any atom is 0.224 e. The number of rotatable bonds is 4. The van der Waals surface area contributed by atoms with Crippen molar-refractivity contribution >= 4 is 17.4 Å². The molecule has 0 atom stereocenters. The van der Waals surface area contributed by atoms with Gasteiger partial charge in [-0.3, -0.25) is 4.68 Å². The molecule has 17 heavy (non-hydrogen) atoms. The molecule has 0 fully saturated rings. The maximum absolute atomic E-state index is 5.74. The molecule has 2 rings (SSSR count). The van der Waals surface area contributed by atoms with E-state index >= 15 is 0 Å². The minimum Gasteiger partial charge on any atom is -0.369 e. The number of halogens is 1. The van der Waals surface area contributed by atoms with Crippen LogP contribution in [0.5, 0.6) is 0 Å². The highest BCUT2D eigenvalue weighted by atomic mass is 35.5. The fraction of sp³-hybridized carbons (Fsp3) is 0.364. The molecule has 0 aliphatic heterocycles. The molecule has 2 aromatic rings. The summed E-state index contributed by atoms with van der Waals surface area (Å²) < 4.78 is 1.86. The second kappa shape index (κ2) is 5.14. The Balaban J connectivity index is 1.94. The van der Waals surface area contributed by atoms with Gasteiger partial charge in [-0.15, -0.1) is 0 Å². The van der Waals surface area contributed by atoms with Crippen LogP contribution in [0, 0.1) is 6.92 Å². The van der Waals surface area contributed by atoms with Crippen molar-refractivity contribution in [3.8, 4) is 0 Å². The molecule has 2 heterocycles. The van der Waals surface area contributed by atoms with Gasteiger partial charge in [0.05, 0.1) is 0 Å². The molecule has 0 aliphatic carbocycles. The van der Waals surface area contributed by atoms with Crippen LogP contribution in [0.1, 0.15) is 11.3 Å². The van der Waals surface area contributed by atoms with Crippen LogP contribution in [-0.2, 0) is 13.5 Å². The molecule has 0 amide bonds. The Labute approximate surface area is 105 Å². The van der Waals surface area contributed by atoms with Crippen LogP contribution in [0.15, 0.2) is 18.5 Å². The average molecular weight is 252 g/mol. The van der Waals surface area contributed by atoms with Crippen LogP contribution in [0.2, 0.25) is 5.28 Å². The van der Waals surface area contributed by atoms with Crippen molar-refractivity contribution in [3.05, 3.63) is 35.0 Å². The molecular formula is C11H14ClN5. The molecule has 2 aromatic heterocycles. The van der Waals surface area contributed by atoms with Gasteiger partial charge in [0.1, 0.15) is 5.82 Å². The number of nitrogens with one attached hydrogen (secondary N) is 1. The molecule has 0 saturated carbocycles. The van der Waals surface area contributed by atoms with E-state index in [1.165, 1.54) is 5.69 Å². The molecular weight excluding hydrogens is 238 g/mol. The zero-order chi connectivity index (χ0) is 12.3. The molecule has 0 aliphatic rings. The first kappa shape index (κ1) is 11.9. The summed E-state index contributed by atoms with van der Waals surface area (Å²) in [6, 6.07) is 2.00. The fourth-order valence-electron chi connectivity index (χ4n) is 1.55. The van der Waals surface area contributed by atoms with E-state index in [1.54, 1.807) is 12.4 Å². The number of aromatic nitrogens is 4. The molecule has 0 aromatic carbocycles. The molecule has 0 bridgehead atoms. The Kier molecular flexibility index (Phi) is 3.58. The zero-order valence-corrected chi connectivity index (χ0v) is 10.6. The first-order valence-corrected chi connectivity index (χ1v) is 5.74. The maximum atomic E-state index is 5.74. The lowest BCUT2D eigenvalue weighted by atomic mass is 10.3. The van der Waals surface area contributed by atoms with Crippen molar-refractivity contribution in [3.63, 3.8) is 0 Å². The fourth-order valence-corrected chi connectivity index (χ4v) is 1.69. The average Bonchev–Trinajstić information content (AvgIpc) is 2.70. The minimum atomic E-state index is 0.263. The summed E-state index contributed by atoms with van der Waals surface area (Å²) in [5.41, 5.74) is 2.16. The standard InChI is InChI=1S/C11H14ClN5/c1-8-7-14-11(12)16-10(8)13-5-3-9-4-6-15-17(9)2/h4,6-7H,3,5H2,1-2H3,(H,13,14,16). The van der Waals surface area contributed by atoms with Gasteiger partial charge in [0.15, 0.2) is 0 Å². The van der Waals surface area contributed by atoms with Gasteiger partial charge >= 0.3 is 0 Å². The van der Waals surface area contributed by atoms with E-state index in [0.717, 1.165) is 24.3 Å². The number of nitrogens with zero attached hydrogens (tertiary/aromatic N) is 4. The summed E-state index contributed by atoms with van der Waals surface area (Å²) in [4.78, 5) is 8.05. The van der Waals surface area contributed by atoms with Crippen LogP contribution in [0.3, 0.4) is 0 Å². The second-order valence-electron chi connectivity index (χ2n) is 3.79. The Hall–Kier alpha value is -1.62. The predicted molar refractivity (Wildman–Crippen MR) is 67.2 cm³/mol. The van der Waals surface area contributed by atoms with Gasteiger partial charge in [-0.2, -0.15) is 5.10 Å². The van der Waals surface area contributed by atoms with Gasteiger partial charge < -0.3 is 5.32 Å². The highest BCUT2D eigenvalue weighted by Crippen LogP contribution is 2.12. The molecule has 5 nitrogen and oxygen atoms in total. The van der Waals surface area contributed by atoms with Crippen molar-refractivity contribution < 1.29 is 0 Å². The van der Waals surface area contributed by atoms with Crippen molar-refractivity contribution in [2.45, 2.75) is 13.3 Å². The van der Waals surface area contributed by atoms with E-state index in [9.17, 15) is 0 Å². The van der Waals surface area contributed by atoms with Crippen LogP contribution >= 0.6 is 11.6 Å². The molecule has 0 radical (unpaired) electrons. The molecule has 0 saturated heterocycles. The summed E-state index contributed by atoms with van der Waals surface area (Å²) in [7, 11) is 1.93. The third-order valence-electron chi connectivity index (χ3n) is 2.54. The Morgan fingerprint density at radius 1 is 1.47 bits per heavy atom. The van der Waals surface area contributed by atoms with Crippen molar-refractivity contribution in [2.75, 3.05) is 11.9 Å². The van der Waals surface area contributed by atoms with E-state index in [0.29, 0.717) is 0 Å². The lowest BCUT2D eigenvalue weighted by Gasteiger charge is -2.08. The van der Waals surface area contributed by atoms with Gasteiger partial charge in [0.25, 0.3) is 0 Å². The molecule has 0 unspecified atom stereocenters. The van der Waals surface area contributed by atoms with Crippen LogP contribution in [0.4, 0.5) is 5.82 Å². The highest BCUT2D eigenvalue weighted by Gasteiger charge is 2.03. The van der Waals surface area contributed by atoms with E-state index in [1.807, 2.05) is 24.7 Å². The van der Waals surface area contributed by atoms with E-state index in [4.69, 9.17) is 11.6 Å². The van der Waals surface area contributed by atoms with E-state index in [2.05, 4.69) is 20.4 Å². The topological polar surface area (TPSA) is 55.6 Å². The summed E-state index contributed by atoms with van der Waals surface area (Å²) in [6.45, 7) is 2.73. The summed E-state index contributed by atoms with van der Waals surface area (Å²) in [5, 5.41) is 7.62. The Morgan fingerprint density at radius 2 is 2.29 bits per heavy atom. The smallest absolute Gasteiger partial charge is 0.224 e. The van der Waals surface area contributed by atoms with Crippen LogP contribution in [0.25, 0.3) is 0 Å². The second-order valence-corrected chi connectivity index (χ2v) is 4.13. The first-order valence-electron chi connectivity index (χ1n) is 5.36. The van der Waals surface area contributed by atoms with Gasteiger partial charge in [-0.05, 0) is 24.6 Å². The predicted octanol–water partition coefficient (Wildman–Crippen LogP) is 1.83. The SMILES string of the molecule is Cc1cnc(Cl)nc1NCCc1ccnn1C. The normalized spacial score (nSPS) is 10.5. The largest absolute Gasteiger partial charge is 0.369 e. The van der Waals surface area contributed by atoms with Gasteiger partial charge in [0.2, 0.25) is 5.28 Å². The zero-order valence-electron chi connectivity index (χ0n) is 9.81. The van der Waals surface area contributed by atoms with Crippen molar-refractivity contribution in [1.82, 2.24) is 19.7 Å². The lowest BCUT2D eigenvalue weighted by Crippen LogP contribution is -2.10. The van der Waals surface area contributed by atoms with Crippen molar-refractivity contribution in [2.24, 2.45) is 7.05 Å². The Bertz CT molecular complexity index is 508. The van der Waals surface area contributed by atoms with Gasteiger partial charge in [-0.25, -0.2) is 9.97 Å². The summed E-state index contributed by atoms with van der Waals surface area (Å²) >= 11 is 5.74. The first-order chi connectivity index (χ1) is 8.16. The third-order valence-corrected chi connectivity index (χ3v) is 2.72. The van der Waals surface area contributed by atoms with Gasteiger partial charge in [0, 0.05) is 43.7 Å². The molecule has 1 N–H and O–H groups in total. The highest BCUT2D eigenvalue weighted by molar-refractivity contribution is 6.28. The molecule has 90 valence electrons. The molecule has 6 heteroatoms. The third kappa shape index (κ3) is 2.94. The minimum absolute atomic E-state index is 0.263. The van der Waals surface area contributed by atoms with E-state index < -0.39 is 0 Å². The summed E-state index contributed by atoms with van der Waals surface area (Å²) in [6.07, 6.45) is 4.39. The molecule has 0 spiro atoms. The number of anilines is 1. The summed E-state index contributed by atoms with van der Waals surface area (Å²) in [5.74, 6) is 0.784. The van der Waals surface area contributed by atoms with Gasteiger partial charge in [-0.1, -0.05) is 0 Å². The van der Waals surface area contributed by atoms with E-state index in [-0.39, 0.29) is 5.28 Å². The quantitative estimate of drug-likeness (QED) is 0.843. The number of aryl methyl sites for hydroxylation is 2. The Morgan fingerprint density at radius 3 is 3.00 bits per heavy atom. The number of hydrogen-bond acceptors (Lipinski definition) is 4. The van der Waals surface area contributed by atoms with Crippen molar-refractivity contribution in [1.29, 1.82) is 0 Å². The van der Waals surface area contributed by atoms with Crippen LogP contribution < -0.4 is 5.32 Å². The lowest BCUT2D eigenvalue weighted by molar-refractivity contribution is 0.711. The van der Waals surface area contributed by atoms with Crippen LogP contribution in [-0.4, -0.2) is 26.3 Å². The number of hydrogen-bond donors (Lipinski definition) is 1.